The fourth-order valence-electron chi connectivity index (χ4n) is 2.37. The number of hydrogen-bond donors (Lipinski definition) is 2. The lowest BCUT2D eigenvalue weighted by Crippen LogP contribution is -2.41. The molecule has 3 N–H and O–H groups in total. The normalized spacial score (nSPS) is 11.5. The van der Waals surface area contributed by atoms with Gasteiger partial charge in [-0.1, -0.05) is 56.3 Å². The Morgan fingerprint density at radius 3 is 2.24 bits per heavy atom. The molecule has 0 spiro atoms. The summed E-state index contributed by atoms with van der Waals surface area (Å²) in [5, 5.41) is 2.89. The van der Waals surface area contributed by atoms with Gasteiger partial charge in [0.05, 0.1) is 6.04 Å². The highest BCUT2D eigenvalue weighted by Crippen LogP contribution is 2.12. The summed E-state index contributed by atoms with van der Waals surface area (Å²) < 4.78 is 5.71. The molecule has 25 heavy (non-hydrogen) atoms. The first-order chi connectivity index (χ1) is 11.5. The summed E-state index contributed by atoms with van der Waals surface area (Å²) in [6.45, 7) is 5.13. The molecule has 0 saturated heterocycles. The molecule has 0 aliphatic carbocycles. The van der Waals surface area contributed by atoms with Crippen molar-refractivity contribution in [2.45, 2.75) is 39.5 Å². The van der Waals surface area contributed by atoms with E-state index in [1.165, 1.54) is 0 Å². The second-order valence-corrected chi connectivity index (χ2v) is 6.37. The lowest BCUT2D eigenvalue weighted by molar-refractivity contribution is -0.122. The number of carbonyl (C=O) groups excluding carboxylic acids is 1. The standard InChI is InChI=1S/C20H26N2O2.ClH/c1-15(2)12-19(21)20(23)22-13-16-8-10-17(11-9-16)14-24-18-6-4-3-5-7-18;/h3-11,15,19H,12-14,21H2,1-2H3,(H,22,23);1H/t19-;/m0./s1. The molecule has 0 aromatic heterocycles. The van der Waals surface area contributed by atoms with Gasteiger partial charge in [-0.15, -0.1) is 12.4 Å². The van der Waals surface area contributed by atoms with E-state index in [0.29, 0.717) is 25.5 Å². The summed E-state index contributed by atoms with van der Waals surface area (Å²) in [5.74, 6) is 1.17. The molecule has 1 atom stereocenters. The van der Waals surface area contributed by atoms with Crippen LogP contribution in [0, 0.1) is 5.92 Å². The van der Waals surface area contributed by atoms with Gasteiger partial charge in [-0.05, 0) is 35.6 Å². The van der Waals surface area contributed by atoms with Crippen molar-refractivity contribution in [2.75, 3.05) is 0 Å². The average Bonchev–Trinajstić information content (AvgIpc) is 2.59. The molecule has 2 rings (SSSR count). The third kappa shape index (κ3) is 7.59. The molecule has 5 heteroatoms. The minimum Gasteiger partial charge on any atom is -0.489 e. The third-order valence-corrected chi connectivity index (χ3v) is 3.70. The molecule has 0 radical (unpaired) electrons. The Morgan fingerprint density at radius 1 is 1.04 bits per heavy atom. The largest absolute Gasteiger partial charge is 0.489 e. The molecule has 2 aromatic rings. The zero-order chi connectivity index (χ0) is 17.4. The first kappa shape index (κ1) is 21.0. The van der Waals surface area contributed by atoms with Gasteiger partial charge in [-0.25, -0.2) is 0 Å². The molecular formula is C20H27ClN2O2. The third-order valence-electron chi connectivity index (χ3n) is 3.70. The van der Waals surface area contributed by atoms with Crippen molar-refractivity contribution in [3.63, 3.8) is 0 Å². The van der Waals surface area contributed by atoms with Crippen molar-refractivity contribution < 1.29 is 9.53 Å². The fraction of sp³-hybridized carbons (Fsp3) is 0.350. The predicted octanol–water partition coefficient (Wildman–Crippen LogP) is 3.68. The van der Waals surface area contributed by atoms with Gasteiger partial charge >= 0.3 is 0 Å². The highest BCUT2D eigenvalue weighted by molar-refractivity contribution is 5.85. The van der Waals surface area contributed by atoms with E-state index in [4.69, 9.17) is 10.5 Å². The molecule has 136 valence electrons. The topological polar surface area (TPSA) is 64.4 Å². The summed E-state index contributed by atoms with van der Waals surface area (Å²) >= 11 is 0. The molecule has 0 unspecified atom stereocenters. The van der Waals surface area contributed by atoms with Gasteiger partial charge in [-0.3, -0.25) is 4.79 Å². The van der Waals surface area contributed by atoms with Gasteiger partial charge in [0, 0.05) is 6.54 Å². The summed E-state index contributed by atoms with van der Waals surface area (Å²) in [6.07, 6.45) is 0.696. The van der Waals surface area contributed by atoms with Gasteiger partial charge in [0.15, 0.2) is 0 Å². The Bertz CT molecular complexity index is 630. The van der Waals surface area contributed by atoms with Crippen molar-refractivity contribution >= 4 is 18.3 Å². The maximum Gasteiger partial charge on any atom is 0.237 e. The number of halogens is 1. The Kier molecular flexibility index (Phi) is 9.03. The molecule has 0 aliphatic rings. The number of nitrogens with two attached hydrogens (primary N) is 1. The van der Waals surface area contributed by atoms with Gasteiger partial charge in [0.2, 0.25) is 5.91 Å². The molecule has 2 aromatic carbocycles. The number of benzene rings is 2. The van der Waals surface area contributed by atoms with E-state index in [2.05, 4.69) is 19.2 Å². The van der Waals surface area contributed by atoms with Crippen LogP contribution in [0.4, 0.5) is 0 Å². The van der Waals surface area contributed by atoms with E-state index in [1.54, 1.807) is 0 Å². The van der Waals surface area contributed by atoms with Crippen LogP contribution in [0.5, 0.6) is 5.75 Å². The van der Waals surface area contributed by atoms with E-state index < -0.39 is 6.04 Å². The smallest absolute Gasteiger partial charge is 0.237 e. The summed E-state index contributed by atoms with van der Waals surface area (Å²) in [6, 6.07) is 17.3. The predicted molar refractivity (Wildman–Crippen MR) is 104 cm³/mol. The number of hydrogen-bond acceptors (Lipinski definition) is 3. The quantitative estimate of drug-likeness (QED) is 0.752. The maximum atomic E-state index is 11.9. The van der Waals surface area contributed by atoms with Crippen LogP contribution in [0.3, 0.4) is 0 Å². The minimum atomic E-state index is -0.441. The van der Waals surface area contributed by atoms with Crippen molar-refractivity contribution in [3.8, 4) is 5.75 Å². The van der Waals surface area contributed by atoms with Gasteiger partial charge in [0.1, 0.15) is 12.4 Å². The number of amides is 1. The Labute approximate surface area is 156 Å². The van der Waals surface area contributed by atoms with E-state index in [9.17, 15) is 4.79 Å². The average molecular weight is 363 g/mol. The molecule has 0 saturated carbocycles. The van der Waals surface area contributed by atoms with Gasteiger partial charge in [0.25, 0.3) is 0 Å². The molecule has 1 amide bonds. The fourth-order valence-corrected chi connectivity index (χ4v) is 2.37. The second kappa shape index (κ2) is 10.7. The minimum absolute atomic E-state index is 0. The SMILES string of the molecule is CC(C)C[C@H](N)C(=O)NCc1ccc(COc2ccccc2)cc1.Cl. The number of ether oxygens (including phenoxy) is 1. The van der Waals surface area contributed by atoms with Gasteiger partial charge < -0.3 is 15.8 Å². The van der Waals surface area contributed by atoms with Crippen molar-refractivity contribution in [3.05, 3.63) is 65.7 Å². The van der Waals surface area contributed by atoms with Crippen LogP contribution in [0.25, 0.3) is 0 Å². The summed E-state index contributed by atoms with van der Waals surface area (Å²) in [5.41, 5.74) is 8.01. The summed E-state index contributed by atoms with van der Waals surface area (Å²) in [7, 11) is 0. The van der Waals surface area contributed by atoms with Crippen LogP contribution in [-0.4, -0.2) is 11.9 Å². The van der Waals surface area contributed by atoms with Crippen LogP contribution >= 0.6 is 12.4 Å². The first-order valence-corrected chi connectivity index (χ1v) is 8.33. The number of nitrogens with one attached hydrogen (secondary N) is 1. The van der Waals surface area contributed by atoms with Gasteiger partial charge in [-0.2, -0.15) is 0 Å². The molecule has 0 heterocycles. The lowest BCUT2D eigenvalue weighted by atomic mass is 10.0. The van der Waals surface area contributed by atoms with Crippen LogP contribution in [0.1, 0.15) is 31.4 Å². The number of para-hydroxylation sites is 1. The lowest BCUT2D eigenvalue weighted by Gasteiger charge is -2.14. The summed E-state index contributed by atoms with van der Waals surface area (Å²) in [4.78, 5) is 11.9. The molecule has 0 aliphatic heterocycles. The van der Waals surface area contributed by atoms with E-state index in [-0.39, 0.29) is 18.3 Å². The molecule has 4 nitrogen and oxygen atoms in total. The Balaban J connectivity index is 0.00000312. The Morgan fingerprint density at radius 2 is 1.64 bits per heavy atom. The van der Waals surface area contributed by atoms with E-state index >= 15 is 0 Å². The zero-order valence-electron chi connectivity index (χ0n) is 14.8. The second-order valence-electron chi connectivity index (χ2n) is 6.37. The maximum absolute atomic E-state index is 11.9. The Hall–Kier alpha value is -2.04. The zero-order valence-corrected chi connectivity index (χ0v) is 15.6. The van der Waals surface area contributed by atoms with Crippen LogP contribution < -0.4 is 15.8 Å². The highest BCUT2D eigenvalue weighted by Gasteiger charge is 2.14. The van der Waals surface area contributed by atoms with Crippen molar-refractivity contribution in [1.82, 2.24) is 5.32 Å². The molecule has 0 bridgehead atoms. The van der Waals surface area contributed by atoms with E-state index in [1.807, 2.05) is 54.6 Å². The van der Waals surface area contributed by atoms with Crippen LogP contribution in [0.15, 0.2) is 54.6 Å². The number of rotatable bonds is 8. The number of carbonyl (C=O) groups is 1. The van der Waals surface area contributed by atoms with E-state index in [0.717, 1.165) is 16.9 Å². The van der Waals surface area contributed by atoms with Crippen molar-refractivity contribution in [1.29, 1.82) is 0 Å². The van der Waals surface area contributed by atoms with Crippen LogP contribution in [-0.2, 0) is 17.9 Å². The monoisotopic (exact) mass is 362 g/mol. The molecular weight excluding hydrogens is 336 g/mol. The van der Waals surface area contributed by atoms with Crippen molar-refractivity contribution in [2.24, 2.45) is 11.7 Å². The molecule has 0 fully saturated rings. The highest BCUT2D eigenvalue weighted by atomic mass is 35.5. The first-order valence-electron chi connectivity index (χ1n) is 8.33. The van der Waals surface area contributed by atoms with Crippen LogP contribution in [0.2, 0.25) is 0 Å².